The van der Waals surface area contributed by atoms with Gasteiger partial charge in [0.1, 0.15) is 0 Å². The summed E-state index contributed by atoms with van der Waals surface area (Å²) < 4.78 is 2.20. The number of nitrogens with two attached hydrogens (primary N) is 1. The van der Waals surface area contributed by atoms with Gasteiger partial charge in [0.2, 0.25) is 5.91 Å². The topological polar surface area (TPSA) is 60.0 Å². The number of rotatable bonds is 5. The van der Waals surface area contributed by atoms with E-state index in [9.17, 15) is 4.79 Å². The fourth-order valence-electron chi connectivity index (χ4n) is 2.47. The molecule has 108 valence electrons. The summed E-state index contributed by atoms with van der Waals surface area (Å²) in [6.07, 6.45) is 0. The molecule has 1 aromatic carbocycles. The highest BCUT2D eigenvalue weighted by Gasteiger charge is 2.24. The van der Waals surface area contributed by atoms with Gasteiger partial charge in [-0.2, -0.15) is 0 Å². The minimum atomic E-state index is -0.529. The van der Waals surface area contributed by atoms with Gasteiger partial charge in [0.15, 0.2) is 0 Å². The predicted octanol–water partition coefficient (Wildman–Crippen LogP) is 2.09. The number of nitrogens with zero attached hydrogens (tertiary/aromatic N) is 1. The van der Waals surface area contributed by atoms with Crippen molar-refractivity contribution in [2.24, 2.45) is 18.2 Å². The summed E-state index contributed by atoms with van der Waals surface area (Å²) in [5, 5.41) is 4.62. The number of amides is 1. The highest BCUT2D eigenvalue weighted by atomic mass is 16.1. The Labute approximate surface area is 120 Å². The minimum absolute atomic E-state index is 0.279. The van der Waals surface area contributed by atoms with Crippen molar-refractivity contribution in [1.82, 2.24) is 9.88 Å². The van der Waals surface area contributed by atoms with Crippen LogP contribution < -0.4 is 11.1 Å². The van der Waals surface area contributed by atoms with E-state index in [4.69, 9.17) is 5.73 Å². The summed E-state index contributed by atoms with van der Waals surface area (Å²) >= 11 is 0. The summed E-state index contributed by atoms with van der Waals surface area (Å²) in [5.41, 5.74) is 8.62. The highest BCUT2D eigenvalue weighted by Crippen LogP contribution is 2.24. The molecule has 20 heavy (non-hydrogen) atoms. The number of benzene rings is 1. The second kappa shape index (κ2) is 5.29. The molecular weight excluding hydrogens is 250 g/mol. The van der Waals surface area contributed by atoms with E-state index >= 15 is 0 Å². The number of hydrogen-bond acceptors (Lipinski definition) is 2. The van der Waals surface area contributed by atoms with Gasteiger partial charge in [-0.15, -0.1) is 0 Å². The largest absolute Gasteiger partial charge is 0.369 e. The van der Waals surface area contributed by atoms with Crippen LogP contribution >= 0.6 is 0 Å². The Bertz CT molecular complexity index is 601. The lowest BCUT2D eigenvalue weighted by molar-refractivity contribution is -0.125. The third-order valence-corrected chi connectivity index (χ3v) is 4.03. The molecule has 2 rings (SSSR count). The summed E-state index contributed by atoms with van der Waals surface area (Å²) in [6, 6.07) is 8.37. The quantitative estimate of drug-likeness (QED) is 0.876. The van der Waals surface area contributed by atoms with Crippen molar-refractivity contribution >= 4 is 16.8 Å². The number of nitrogens with one attached hydrogen (secondary N) is 1. The summed E-state index contributed by atoms with van der Waals surface area (Å²) in [4.78, 5) is 11.3. The van der Waals surface area contributed by atoms with Crippen LogP contribution in [0.4, 0.5) is 0 Å². The van der Waals surface area contributed by atoms with E-state index in [2.05, 4.69) is 48.1 Å². The van der Waals surface area contributed by atoms with Gasteiger partial charge in [-0.1, -0.05) is 18.2 Å². The third-order valence-electron chi connectivity index (χ3n) is 4.03. The Morgan fingerprint density at radius 2 is 2.00 bits per heavy atom. The predicted molar refractivity (Wildman–Crippen MR) is 82.3 cm³/mol. The number of primary amides is 1. The third kappa shape index (κ3) is 2.56. The fraction of sp³-hybridized carbons (Fsp3) is 0.438. The highest BCUT2D eigenvalue weighted by molar-refractivity contribution is 5.85. The Morgan fingerprint density at radius 3 is 2.60 bits per heavy atom. The number of carbonyl (C=O) groups is 1. The number of aromatic nitrogens is 1. The zero-order chi connectivity index (χ0) is 14.9. The van der Waals surface area contributed by atoms with Crippen LogP contribution in [0.5, 0.6) is 0 Å². The molecule has 0 saturated heterocycles. The van der Waals surface area contributed by atoms with Gasteiger partial charge in [0, 0.05) is 36.7 Å². The van der Waals surface area contributed by atoms with Crippen molar-refractivity contribution in [3.05, 3.63) is 35.5 Å². The monoisotopic (exact) mass is 273 g/mol. The first kappa shape index (κ1) is 14.6. The fourth-order valence-corrected chi connectivity index (χ4v) is 2.47. The zero-order valence-corrected chi connectivity index (χ0v) is 12.7. The Hall–Kier alpha value is -1.81. The molecule has 1 amide bonds. The molecule has 0 aliphatic carbocycles. The second-order valence-electron chi connectivity index (χ2n) is 6.00. The van der Waals surface area contributed by atoms with Crippen molar-refractivity contribution < 1.29 is 4.79 Å². The van der Waals surface area contributed by atoms with Crippen LogP contribution in [-0.4, -0.2) is 17.0 Å². The molecule has 0 saturated carbocycles. The van der Waals surface area contributed by atoms with Crippen LogP contribution in [-0.2, 0) is 18.4 Å². The maximum absolute atomic E-state index is 11.3. The molecule has 3 N–H and O–H groups in total. The van der Waals surface area contributed by atoms with E-state index in [0.717, 1.165) is 6.54 Å². The average molecular weight is 273 g/mol. The van der Waals surface area contributed by atoms with Crippen molar-refractivity contribution in [2.45, 2.75) is 27.3 Å². The molecule has 0 aliphatic rings. The second-order valence-corrected chi connectivity index (χ2v) is 6.00. The molecule has 1 aromatic heterocycles. The maximum atomic E-state index is 11.3. The SMILES string of the molecule is Cc1c(CNCC(C)(C)C(N)=O)n(C)c2ccccc12. The Kier molecular flexibility index (Phi) is 3.86. The standard InChI is InChI=1S/C16H23N3O/c1-11-12-7-5-6-8-13(12)19(4)14(11)9-18-10-16(2,3)15(17)20/h5-8,18H,9-10H2,1-4H3,(H2,17,20). The van der Waals surface area contributed by atoms with Crippen LogP contribution in [0, 0.1) is 12.3 Å². The van der Waals surface area contributed by atoms with Gasteiger partial charge < -0.3 is 15.6 Å². The van der Waals surface area contributed by atoms with Crippen molar-refractivity contribution in [2.75, 3.05) is 6.54 Å². The van der Waals surface area contributed by atoms with E-state index in [0.29, 0.717) is 6.54 Å². The Balaban J connectivity index is 2.17. The van der Waals surface area contributed by atoms with Crippen LogP contribution in [0.3, 0.4) is 0 Å². The number of hydrogen-bond donors (Lipinski definition) is 2. The molecule has 1 heterocycles. The smallest absolute Gasteiger partial charge is 0.224 e. The first-order valence-corrected chi connectivity index (χ1v) is 6.88. The lowest BCUT2D eigenvalue weighted by atomic mass is 9.93. The molecule has 4 nitrogen and oxygen atoms in total. The molecule has 0 fully saturated rings. The number of aryl methyl sites for hydroxylation is 2. The normalized spacial score (nSPS) is 12.0. The van der Waals surface area contributed by atoms with Gasteiger partial charge in [-0.05, 0) is 32.4 Å². The van der Waals surface area contributed by atoms with E-state index in [1.807, 2.05) is 13.8 Å². The molecular formula is C16H23N3O. The minimum Gasteiger partial charge on any atom is -0.369 e. The van der Waals surface area contributed by atoms with Crippen LogP contribution in [0.1, 0.15) is 25.1 Å². The van der Waals surface area contributed by atoms with E-state index in [1.165, 1.54) is 22.2 Å². The molecule has 0 bridgehead atoms. The summed E-state index contributed by atoms with van der Waals surface area (Å²) in [6.45, 7) is 7.16. The molecule has 0 spiro atoms. The first-order chi connectivity index (χ1) is 9.34. The summed E-state index contributed by atoms with van der Waals surface area (Å²) in [7, 11) is 2.07. The average Bonchev–Trinajstić information content (AvgIpc) is 2.64. The van der Waals surface area contributed by atoms with Crippen LogP contribution in [0.2, 0.25) is 0 Å². The van der Waals surface area contributed by atoms with Crippen molar-refractivity contribution in [3.8, 4) is 0 Å². The van der Waals surface area contributed by atoms with E-state index < -0.39 is 5.41 Å². The molecule has 0 radical (unpaired) electrons. The van der Waals surface area contributed by atoms with E-state index in [-0.39, 0.29) is 5.91 Å². The number of carbonyl (C=O) groups excluding carboxylic acids is 1. The maximum Gasteiger partial charge on any atom is 0.224 e. The van der Waals surface area contributed by atoms with Crippen molar-refractivity contribution in [1.29, 1.82) is 0 Å². The molecule has 0 unspecified atom stereocenters. The van der Waals surface area contributed by atoms with E-state index in [1.54, 1.807) is 0 Å². The molecule has 0 atom stereocenters. The van der Waals surface area contributed by atoms with Crippen LogP contribution in [0.25, 0.3) is 10.9 Å². The lowest BCUT2D eigenvalue weighted by Crippen LogP contribution is -2.40. The van der Waals surface area contributed by atoms with Gasteiger partial charge in [0.05, 0.1) is 5.41 Å². The van der Waals surface area contributed by atoms with Crippen LogP contribution in [0.15, 0.2) is 24.3 Å². The molecule has 0 aliphatic heterocycles. The molecule has 2 aromatic rings. The number of para-hydroxylation sites is 1. The van der Waals surface area contributed by atoms with Gasteiger partial charge in [-0.3, -0.25) is 4.79 Å². The zero-order valence-electron chi connectivity index (χ0n) is 12.7. The van der Waals surface area contributed by atoms with Gasteiger partial charge in [0.25, 0.3) is 0 Å². The first-order valence-electron chi connectivity index (χ1n) is 6.88. The Morgan fingerprint density at radius 1 is 1.35 bits per heavy atom. The lowest BCUT2D eigenvalue weighted by Gasteiger charge is -2.21. The van der Waals surface area contributed by atoms with Gasteiger partial charge >= 0.3 is 0 Å². The molecule has 4 heteroatoms. The van der Waals surface area contributed by atoms with Gasteiger partial charge in [-0.25, -0.2) is 0 Å². The van der Waals surface area contributed by atoms with Crippen molar-refractivity contribution in [3.63, 3.8) is 0 Å². The number of fused-ring (bicyclic) bond motifs is 1. The summed E-state index contributed by atoms with van der Waals surface area (Å²) in [5.74, 6) is -0.279.